The molecule has 2 fully saturated rings. The zero-order valence-electron chi connectivity index (χ0n) is 17.4. The van der Waals surface area contributed by atoms with Gasteiger partial charge in [0.2, 0.25) is 5.92 Å². The monoisotopic (exact) mass is 483 g/mol. The number of nitrogens with two attached hydrogens (primary N) is 1. The highest BCUT2D eigenvalue weighted by molar-refractivity contribution is 8.18. The van der Waals surface area contributed by atoms with Gasteiger partial charge in [0.1, 0.15) is 18.6 Å². The van der Waals surface area contributed by atoms with E-state index in [1.165, 1.54) is 0 Å². The second kappa shape index (κ2) is 11.9. The van der Waals surface area contributed by atoms with Crippen molar-refractivity contribution in [2.24, 2.45) is 5.14 Å². The minimum Gasteiger partial charge on any atom is -0.480 e. The number of alkyl halides is 2. The first-order valence-corrected chi connectivity index (χ1v) is 11.3. The number of thioether (sulfide) groups is 1. The van der Waals surface area contributed by atoms with Crippen molar-refractivity contribution in [1.29, 1.82) is 0 Å². The number of rotatable bonds is 6. The number of imide groups is 1. The van der Waals surface area contributed by atoms with E-state index in [4.69, 9.17) is 16.3 Å². The highest BCUT2D eigenvalue weighted by Gasteiger charge is 2.40. The van der Waals surface area contributed by atoms with E-state index < -0.39 is 17.1 Å². The van der Waals surface area contributed by atoms with Gasteiger partial charge in [-0.15, -0.1) is 6.42 Å². The topological polar surface area (TPSA) is 102 Å². The summed E-state index contributed by atoms with van der Waals surface area (Å²) in [5, 5.41) is 7.98. The van der Waals surface area contributed by atoms with Crippen LogP contribution < -0.4 is 15.2 Å². The summed E-state index contributed by atoms with van der Waals surface area (Å²) >= 11 is 1.89. The number of nitrogens with zero attached hydrogens (tertiary/aromatic N) is 1. The van der Waals surface area contributed by atoms with Gasteiger partial charge < -0.3 is 14.8 Å². The molecule has 2 amide bonds. The number of nitrogens with one attached hydrogen (secondary N) is 1. The summed E-state index contributed by atoms with van der Waals surface area (Å²) in [7, 11) is 1.84. The molecule has 1 aliphatic heterocycles. The fourth-order valence-corrected chi connectivity index (χ4v) is 4.35. The summed E-state index contributed by atoms with van der Waals surface area (Å²) in [6, 6.07) is 5.69. The number of halogens is 2. The lowest BCUT2D eigenvalue weighted by Gasteiger charge is -2.24. The van der Waals surface area contributed by atoms with Crippen LogP contribution in [0.3, 0.4) is 0 Å². The number of carbonyl (C=O) groups is 3. The van der Waals surface area contributed by atoms with Crippen molar-refractivity contribution in [3.8, 4) is 18.1 Å². The molecule has 172 valence electrons. The Morgan fingerprint density at radius 2 is 2.06 bits per heavy atom. The summed E-state index contributed by atoms with van der Waals surface area (Å²) < 4.78 is 31.3. The maximum absolute atomic E-state index is 13.0. The fraction of sp³-hybridized carbons (Fsp3) is 0.381. The number of anilines is 1. The van der Waals surface area contributed by atoms with Crippen molar-refractivity contribution < 1.29 is 27.9 Å². The first kappa shape index (κ1) is 25.7. The Hall–Kier alpha value is -2.55. The second-order valence-electron chi connectivity index (χ2n) is 6.76. The van der Waals surface area contributed by atoms with Crippen molar-refractivity contribution >= 4 is 46.8 Å². The van der Waals surface area contributed by atoms with Crippen LogP contribution in [0.15, 0.2) is 33.6 Å². The van der Waals surface area contributed by atoms with E-state index in [1.54, 1.807) is 0 Å². The molecule has 0 spiro atoms. The van der Waals surface area contributed by atoms with Crippen LogP contribution in [0.1, 0.15) is 25.7 Å². The molecule has 1 saturated carbocycles. The van der Waals surface area contributed by atoms with Gasteiger partial charge in [-0.3, -0.25) is 19.6 Å². The Kier molecular flexibility index (Phi) is 9.56. The summed E-state index contributed by atoms with van der Waals surface area (Å²) in [4.78, 5) is 35.6. The van der Waals surface area contributed by atoms with Gasteiger partial charge in [0, 0.05) is 31.6 Å². The summed E-state index contributed by atoms with van der Waals surface area (Å²) in [5.74, 6) is -0.0852. The van der Waals surface area contributed by atoms with Gasteiger partial charge in [-0.1, -0.05) is 11.5 Å². The van der Waals surface area contributed by atoms with Gasteiger partial charge in [-0.2, -0.15) is 0 Å². The quantitative estimate of drug-likeness (QED) is 0.270. The molecule has 3 rings (SSSR count). The highest BCUT2D eigenvalue weighted by atomic mass is 32.2. The first-order valence-electron chi connectivity index (χ1n) is 9.58. The normalized spacial score (nSPS) is 17.4. The number of aldehydes is 1. The highest BCUT2D eigenvalue weighted by Crippen LogP contribution is 2.42. The first-order chi connectivity index (χ1) is 15.3. The van der Waals surface area contributed by atoms with Gasteiger partial charge in [0.25, 0.3) is 11.1 Å². The smallest absolute Gasteiger partial charge is 0.293 e. The molecule has 0 radical (unpaired) electrons. The molecule has 11 heteroatoms. The third-order valence-corrected chi connectivity index (χ3v) is 6.34. The van der Waals surface area contributed by atoms with Gasteiger partial charge in [-0.05, 0) is 48.7 Å². The zero-order chi connectivity index (χ0) is 23.7. The van der Waals surface area contributed by atoms with Gasteiger partial charge >= 0.3 is 0 Å². The van der Waals surface area contributed by atoms with E-state index in [0.29, 0.717) is 17.6 Å². The van der Waals surface area contributed by atoms with Crippen LogP contribution in [0.2, 0.25) is 0 Å². The number of benzene rings is 1. The Morgan fingerprint density at radius 3 is 2.62 bits per heavy atom. The molecule has 7 nitrogen and oxygen atoms in total. The van der Waals surface area contributed by atoms with E-state index in [2.05, 4.69) is 11.2 Å². The van der Waals surface area contributed by atoms with Crippen LogP contribution in [-0.4, -0.2) is 48.5 Å². The second-order valence-corrected chi connectivity index (χ2v) is 8.40. The van der Waals surface area contributed by atoms with Gasteiger partial charge in [0.15, 0.2) is 0 Å². The number of hydrogen-bond acceptors (Lipinski definition) is 8. The van der Waals surface area contributed by atoms with Crippen LogP contribution in [0.5, 0.6) is 5.75 Å². The van der Waals surface area contributed by atoms with Crippen molar-refractivity contribution in [2.75, 3.05) is 25.5 Å². The number of carbonyl (C=O) groups excluding carboxylic acids is 3. The number of ether oxygens (including phenoxy) is 1. The van der Waals surface area contributed by atoms with E-state index in [9.17, 15) is 23.2 Å². The number of hydrogen-bond donors (Lipinski definition) is 2. The molecule has 0 unspecified atom stereocenters. The molecule has 2 aliphatic rings. The average molecular weight is 484 g/mol. The Bertz CT molecular complexity index is 935. The van der Waals surface area contributed by atoms with Crippen LogP contribution in [0.25, 0.3) is 0 Å². The van der Waals surface area contributed by atoms with Crippen LogP contribution in [0, 0.1) is 12.3 Å². The lowest BCUT2D eigenvalue weighted by molar-refractivity contribution is -0.125. The van der Waals surface area contributed by atoms with Crippen LogP contribution in [-0.2, 0) is 9.59 Å². The Labute approximate surface area is 193 Å². The van der Waals surface area contributed by atoms with E-state index in [0.717, 1.165) is 39.2 Å². The minimum atomic E-state index is -2.68. The Balaban J connectivity index is 0.000000235. The summed E-state index contributed by atoms with van der Waals surface area (Å²) in [6.07, 6.45) is 5.26. The predicted octanol–water partition coefficient (Wildman–Crippen LogP) is 4.05. The van der Waals surface area contributed by atoms with Crippen molar-refractivity contribution in [3.63, 3.8) is 0 Å². The number of allylic oxidation sites excluding steroid dienone is 1. The van der Waals surface area contributed by atoms with E-state index in [-0.39, 0.29) is 43.7 Å². The van der Waals surface area contributed by atoms with Crippen LogP contribution in [0.4, 0.5) is 19.3 Å². The largest absolute Gasteiger partial charge is 0.480 e. The molecule has 32 heavy (non-hydrogen) atoms. The van der Waals surface area contributed by atoms with Crippen LogP contribution >= 0.6 is 23.7 Å². The molecule has 0 bridgehead atoms. The predicted molar refractivity (Wildman–Crippen MR) is 122 cm³/mol. The maximum atomic E-state index is 13.0. The average Bonchev–Trinajstić information content (AvgIpc) is 3.06. The molecular weight excluding hydrogens is 460 g/mol. The molecule has 1 aliphatic carbocycles. The molecule has 1 heterocycles. The van der Waals surface area contributed by atoms with Gasteiger partial charge in [-0.25, -0.2) is 8.78 Å². The SMILES string of the molecule is C#CCOc1cc(NC)ccc1SN.O=CCN1C(=O)SC(=C2CCC(F)(F)CC2)C1=O. The van der Waals surface area contributed by atoms with E-state index in [1.807, 2.05) is 25.2 Å². The molecule has 1 saturated heterocycles. The summed E-state index contributed by atoms with van der Waals surface area (Å²) in [5.41, 5.74) is 1.58. The molecule has 1 aromatic rings. The lowest BCUT2D eigenvalue weighted by Crippen LogP contribution is -2.30. The van der Waals surface area contributed by atoms with Gasteiger partial charge in [0.05, 0.1) is 16.3 Å². The molecule has 3 N–H and O–H groups in total. The summed E-state index contributed by atoms with van der Waals surface area (Å²) in [6.45, 7) is -0.0294. The van der Waals surface area contributed by atoms with E-state index >= 15 is 0 Å². The standard InChI is InChI=1S/C11H11F2NO3S.C10H12N2OS/c12-11(13)3-1-7(2-4-11)8-9(16)14(5-6-15)10(17)18-8;1-3-6-13-9-7-8(12-2)4-5-10(9)14-11/h6H,1-5H2;1,4-5,7,12H,6,11H2,2H3. The van der Waals surface area contributed by atoms with Crippen molar-refractivity contribution in [1.82, 2.24) is 4.90 Å². The van der Waals surface area contributed by atoms with Crippen molar-refractivity contribution in [2.45, 2.75) is 36.5 Å². The lowest BCUT2D eigenvalue weighted by atomic mass is 9.91. The molecule has 1 aromatic carbocycles. The third kappa shape index (κ3) is 6.72. The van der Waals surface area contributed by atoms with Crippen molar-refractivity contribution in [3.05, 3.63) is 28.7 Å². The third-order valence-electron chi connectivity index (χ3n) is 4.68. The fourth-order valence-electron chi connectivity index (χ4n) is 2.98. The molecule has 0 atom stereocenters. The minimum absolute atomic E-state index is 0.128. The maximum Gasteiger partial charge on any atom is 0.293 e. The number of terminal acetylenes is 1. The molecular formula is C21H23F2N3O4S2. The molecule has 0 aromatic heterocycles. The number of amides is 2. The zero-order valence-corrected chi connectivity index (χ0v) is 19.0. The Morgan fingerprint density at radius 1 is 1.38 bits per heavy atom.